The smallest absolute Gasteiger partial charge is 0.251 e. The number of nitrogens with two attached hydrogens (primary N) is 1. The highest BCUT2D eigenvalue weighted by Gasteiger charge is 2.15. The number of imidazole rings is 1. The Kier molecular flexibility index (Phi) is 6.59. The second-order valence-corrected chi connectivity index (χ2v) is 8.30. The quantitative estimate of drug-likeness (QED) is 0.332. The third-order valence-corrected chi connectivity index (χ3v) is 5.87. The van der Waals surface area contributed by atoms with Gasteiger partial charge in [0.15, 0.2) is 0 Å². The predicted molar refractivity (Wildman–Crippen MR) is 137 cm³/mol. The fraction of sp³-hybridized carbons (Fsp3) is 0.143. The number of aromatic nitrogens is 4. The van der Waals surface area contributed by atoms with Gasteiger partial charge in [-0.15, -0.1) is 0 Å². The zero-order valence-corrected chi connectivity index (χ0v) is 19.3. The number of benzene rings is 3. The normalized spacial score (nSPS) is 11.0. The van der Waals surface area contributed by atoms with Crippen LogP contribution >= 0.6 is 0 Å². The molecule has 7 nitrogen and oxygen atoms in total. The fourth-order valence-corrected chi connectivity index (χ4v) is 3.98. The van der Waals surface area contributed by atoms with E-state index in [-0.39, 0.29) is 5.91 Å². The van der Waals surface area contributed by atoms with Crippen LogP contribution in [0.25, 0.3) is 33.5 Å². The number of carbonyl (C=O) groups excluding carboxylic acids is 1. The molecule has 0 radical (unpaired) electrons. The van der Waals surface area contributed by atoms with E-state index in [2.05, 4.69) is 10.3 Å². The van der Waals surface area contributed by atoms with E-state index in [9.17, 15) is 4.79 Å². The summed E-state index contributed by atoms with van der Waals surface area (Å²) in [7, 11) is 0. The molecule has 0 aliphatic rings. The van der Waals surface area contributed by atoms with Crippen molar-refractivity contribution in [3.63, 3.8) is 0 Å². The zero-order chi connectivity index (χ0) is 24.0. The second kappa shape index (κ2) is 10.3. The highest BCUT2D eigenvalue weighted by Crippen LogP contribution is 2.31. The summed E-state index contributed by atoms with van der Waals surface area (Å²) in [6.07, 6.45) is 6.25. The van der Waals surface area contributed by atoms with Crippen molar-refractivity contribution >= 4 is 16.9 Å². The minimum absolute atomic E-state index is 0.123. The average Bonchev–Trinajstić information content (AvgIpc) is 3.44. The molecule has 0 saturated heterocycles. The van der Waals surface area contributed by atoms with Gasteiger partial charge in [0.05, 0.1) is 28.7 Å². The minimum atomic E-state index is -0.123. The zero-order valence-electron chi connectivity index (χ0n) is 19.3. The number of fused-ring (bicyclic) bond motifs is 1. The molecule has 0 unspecified atom stereocenters. The monoisotopic (exact) mass is 462 g/mol. The lowest BCUT2D eigenvalue weighted by Crippen LogP contribution is -2.25. The van der Waals surface area contributed by atoms with Crippen molar-refractivity contribution in [1.82, 2.24) is 24.8 Å². The predicted octanol–water partition coefficient (Wildman–Crippen LogP) is 4.44. The van der Waals surface area contributed by atoms with Gasteiger partial charge < -0.3 is 15.6 Å². The third-order valence-electron chi connectivity index (χ3n) is 5.87. The van der Waals surface area contributed by atoms with E-state index in [1.807, 2.05) is 71.4 Å². The third kappa shape index (κ3) is 5.10. The lowest BCUT2D eigenvalue weighted by Gasteiger charge is -2.12. The molecule has 35 heavy (non-hydrogen) atoms. The molecule has 7 heteroatoms. The number of nitrogens with zero attached hydrogens (tertiary/aromatic N) is 4. The van der Waals surface area contributed by atoms with Gasteiger partial charge in [-0.1, -0.05) is 54.6 Å². The van der Waals surface area contributed by atoms with Gasteiger partial charge in [-0.25, -0.2) is 15.0 Å². The summed E-state index contributed by atoms with van der Waals surface area (Å²) >= 11 is 0. The molecule has 0 atom stereocenters. The molecule has 0 fully saturated rings. The molecule has 0 spiro atoms. The van der Waals surface area contributed by atoms with Crippen molar-refractivity contribution < 1.29 is 4.79 Å². The number of hydrogen-bond donors (Lipinski definition) is 2. The summed E-state index contributed by atoms with van der Waals surface area (Å²) < 4.78 is 1.99. The standard InChI is InChI=1S/C28H26N6O/c29-18-20-7-9-22(10-8-20)27-26(21-5-2-1-3-6-21)33-25-17-23(11-12-24(25)32-27)28(35)31-13-4-15-34-16-14-30-19-34/h1-3,5-12,14,16-17,19H,4,13,15,18,29H2,(H,31,35). The van der Waals surface area contributed by atoms with E-state index < -0.39 is 0 Å². The van der Waals surface area contributed by atoms with Crippen LogP contribution in [0.1, 0.15) is 22.3 Å². The van der Waals surface area contributed by atoms with Crippen LogP contribution in [-0.4, -0.2) is 32.0 Å². The fourth-order valence-electron chi connectivity index (χ4n) is 3.98. The Bertz CT molecular complexity index is 1430. The summed E-state index contributed by atoms with van der Waals surface area (Å²) in [5.74, 6) is -0.123. The molecule has 5 aromatic rings. The van der Waals surface area contributed by atoms with Crippen molar-refractivity contribution in [2.45, 2.75) is 19.5 Å². The van der Waals surface area contributed by atoms with Crippen LogP contribution in [0, 0.1) is 0 Å². The first-order valence-corrected chi connectivity index (χ1v) is 11.6. The number of hydrogen-bond acceptors (Lipinski definition) is 5. The molecule has 5 rings (SSSR count). The van der Waals surface area contributed by atoms with Gasteiger partial charge in [-0.2, -0.15) is 0 Å². The maximum Gasteiger partial charge on any atom is 0.251 e. The van der Waals surface area contributed by atoms with E-state index in [1.54, 1.807) is 24.7 Å². The molecule has 0 aliphatic heterocycles. The highest BCUT2D eigenvalue weighted by molar-refractivity contribution is 5.98. The van der Waals surface area contributed by atoms with Crippen molar-refractivity contribution in [3.8, 4) is 22.5 Å². The Morgan fingerprint density at radius 3 is 2.34 bits per heavy atom. The maximum absolute atomic E-state index is 12.8. The Morgan fingerprint density at radius 1 is 0.886 bits per heavy atom. The number of carbonyl (C=O) groups is 1. The van der Waals surface area contributed by atoms with E-state index in [0.717, 1.165) is 46.6 Å². The lowest BCUT2D eigenvalue weighted by atomic mass is 10.0. The van der Waals surface area contributed by atoms with E-state index in [4.69, 9.17) is 15.7 Å². The molecule has 0 bridgehead atoms. The summed E-state index contributed by atoms with van der Waals surface area (Å²) in [6.45, 7) is 1.87. The molecule has 2 heterocycles. The van der Waals surface area contributed by atoms with Crippen LogP contribution in [0.15, 0.2) is 91.5 Å². The van der Waals surface area contributed by atoms with Crippen LogP contribution in [0.5, 0.6) is 0 Å². The second-order valence-electron chi connectivity index (χ2n) is 8.30. The van der Waals surface area contributed by atoms with Crippen LogP contribution in [-0.2, 0) is 13.1 Å². The van der Waals surface area contributed by atoms with Gasteiger partial charge >= 0.3 is 0 Å². The van der Waals surface area contributed by atoms with E-state index >= 15 is 0 Å². The first-order valence-electron chi connectivity index (χ1n) is 11.6. The largest absolute Gasteiger partial charge is 0.352 e. The first-order chi connectivity index (χ1) is 17.2. The van der Waals surface area contributed by atoms with E-state index in [0.29, 0.717) is 24.2 Å². The van der Waals surface area contributed by atoms with Crippen LogP contribution in [0.2, 0.25) is 0 Å². The Hall–Kier alpha value is -4.36. The first kappa shape index (κ1) is 22.4. The summed E-state index contributed by atoms with van der Waals surface area (Å²) in [5.41, 5.74) is 12.3. The van der Waals surface area contributed by atoms with Gasteiger partial charge in [0.2, 0.25) is 0 Å². The molecule has 0 aliphatic carbocycles. The van der Waals surface area contributed by atoms with E-state index in [1.165, 1.54) is 0 Å². The van der Waals surface area contributed by atoms with Crippen molar-refractivity contribution in [2.24, 2.45) is 5.73 Å². The molecule has 174 valence electrons. The Morgan fingerprint density at radius 2 is 1.63 bits per heavy atom. The minimum Gasteiger partial charge on any atom is -0.352 e. The van der Waals surface area contributed by atoms with Crippen LogP contribution in [0.4, 0.5) is 0 Å². The van der Waals surface area contributed by atoms with Crippen molar-refractivity contribution in [3.05, 3.63) is 103 Å². The average molecular weight is 463 g/mol. The number of rotatable bonds is 8. The Balaban J connectivity index is 1.44. The van der Waals surface area contributed by atoms with Gasteiger partial charge in [0.25, 0.3) is 5.91 Å². The van der Waals surface area contributed by atoms with Crippen molar-refractivity contribution in [1.29, 1.82) is 0 Å². The molecule has 0 saturated carbocycles. The topological polar surface area (TPSA) is 98.7 Å². The van der Waals surface area contributed by atoms with Gasteiger partial charge in [-0.05, 0) is 30.2 Å². The van der Waals surface area contributed by atoms with Gasteiger partial charge in [-0.3, -0.25) is 4.79 Å². The summed E-state index contributed by atoms with van der Waals surface area (Å²) in [4.78, 5) is 26.7. The molecule has 3 aromatic carbocycles. The van der Waals surface area contributed by atoms with Gasteiger partial charge in [0.1, 0.15) is 0 Å². The van der Waals surface area contributed by atoms with Crippen LogP contribution < -0.4 is 11.1 Å². The Labute approximate surface area is 203 Å². The SMILES string of the molecule is NCc1ccc(-c2nc3ccc(C(=O)NCCCn4ccnc4)cc3nc2-c2ccccc2)cc1. The molecule has 1 amide bonds. The molecular weight excluding hydrogens is 436 g/mol. The maximum atomic E-state index is 12.8. The summed E-state index contributed by atoms with van der Waals surface area (Å²) in [5, 5.41) is 2.99. The van der Waals surface area contributed by atoms with Crippen LogP contribution in [0.3, 0.4) is 0 Å². The molecule has 3 N–H and O–H groups in total. The molecular formula is C28H26N6O. The lowest BCUT2D eigenvalue weighted by molar-refractivity contribution is 0.0953. The highest BCUT2D eigenvalue weighted by atomic mass is 16.1. The van der Waals surface area contributed by atoms with Crippen molar-refractivity contribution in [2.75, 3.05) is 6.54 Å². The van der Waals surface area contributed by atoms with Gasteiger partial charge in [0, 0.05) is 48.7 Å². The number of aryl methyl sites for hydroxylation is 1. The number of nitrogens with one attached hydrogen (secondary N) is 1. The molecule has 2 aromatic heterocycles. The number of amides is 1. The summed E-state index contributed by atoms with van der Waals surface area (Å²) in [6, 6.07) is 23.5.